The highest BCUT2D eigenvalue weighted by molar-refractivity contribution is 6.42. The maximum Gasteiger partial charge on any atom is 0.253 e. The van der Waals surface area contributed by atoms with Crippen LogP contribution in [0, 0.1) is 5.92 Å². The van der Waals surface area contributed by atoms with Crippen molar-refractivity contribution < 1.29 is 9.59 Å². The average Bonchev–Trinajstić information content (AvgIpc) is 2.48. The Kier molecular flexibility index (Phi) is 5.12. The molecule has 0 atom stereocenters. The zero-order valence-electron chi connectivity index (χ0n) is 12.1. The molecule has 0 aromatic heterocycles. The number of hydrogen-bond donors (Lipinski definition) is 0. The monoisotopic (exact) mass is 328 g/mol. The van der Waals surface area contributed by atoms with Gasteiger partial charge in [0.05, 0.1) is 10.0 Å². The Morgan fingerprint density at radius 2 is 1.76 bits per heavy atom. The molecule has 6 heteroatoms. The number of rotatable bonds is 2. The summed E-state index contributed by atoms with van der Waals surface area (Å²) in [5, 5.41) is 0.809. The maximum atomic E-state index is 12.4. The minimum atomic E-state index is -0.0654. The first-order chi connectivity index (χ1) is 9.90. The van der Waals surface area contributed by atoms with Gasteiger partial charge in [-0.3, -0.25) is 9.59 Å². The number of benzene rings is 1. The number of nitrogens with zero attached hydrogens (tertiary/aromatic N) is 2. The molecule has 1 aromatic rings. The van der Waals surface area contributed by atoms with Crippen LogP contribution in [0.25, 0.3) is 0 Å². The molecule has 0 N–H and O–H groups in total. The van der Waals surface area contributed by atoms with E-state index in [4.69, 9.17) is 23.2 Å². The van der Waals surface area contributed by atoms with Crippen molar-refractivity contribution in [3.05, 3.63) is 33.8 Å². The average molecular weight is 329 g/mol. The zero-order valence-corrected chi connectivity index (χ0v) is 13.6. The van der Waals surface area contributed by atoms with Crippen molar-refractivity contribution in [3.8, 4) is 0 Å². The Morgan fingerprint density at radius 3 is 2.29 bits per heavy atom. The summed E-state index contributed by atoms with van der Waals surface area (Å²) in [6, 6.07) is 4.89. The van der Waals surface area contributed by atoms with Gasteiger partial charge in [0.2, 0.25) is 5.91 Å². The number of halogens is 2. The molecule has 114 valence electrons. The molecule has 0 saturated carbocycles. The summed E-state index contributed by atoms with van der Waals surface area (Å²) < 4.78 is 0. The third kappa shape index (κ3) is 3.69. The Labute approximate surface area is 134 Å². The van der Waals surface area contributed by atoms with E-state index >= 15 is 0 Å². The zero-order chi connectivity index (χ0) is 15.6. The fourth-order valence-corrected chi connectivity index (χ4v) is 2.80. The van der Waals surface area contributed by atoms with E-state index in [2.05, 4.69) is 0 Å². The second-order valence-electron chi connectivity index (χ2n) is 5.43. The predicted octanol–water partition coefficient (Wildman–Crippen LogP) is 2.93. The molecular formula is C15H18Cl2N2O2. The molecule has 0 radical (unpaired) electrons. The van der Waals surface area contributed by atoms with Crippen molar-refractivity contribution in [2.24, 2.45) is 5.92 Å². The third-order valence-corrected chi connectivity index (χ3v) is 4.48. The van der Waals surface area contributed by atoms with E-state index in [1.807, 2.05) is 0 Å². The lowest BCUT2D eigenvalue weighted by atomic mass is 9.95. The second kappa shape index (κ2) is 6.67. The number of carbonyl (C=O) groups is 2. The van der Waals surface area contributed by atoms with Crippen molar-refractivity contribution in [1.29, 1.82) is 0 Å². The van der Waals surface area contributed by atoms with Crippen molar-refractivity contribution in [1.82, 2.24) is 9.80 Å². The van der Waals surface area contributed by atoms with Gasteiger partial charge >= 0.3 is 0 Å². The van der Waals surface area contributed by atoms with Crippen LogP contribution in [0.2, 0.25) is 10.0 Å². The Hall–Kier alpha value is -1.26. The van der Waals surface area contributed by atoms with Crippen LogP contribution in [-0.4, -0.2) is 48.8 Å². The molecule has 0 spiro atoms. The molecule has 1 aromatic carbocycles. The highest BCUT2D eigenvalue weighted by Crippen LogP contribution is 2.25. The largest absolute Gasteiger partial charge is 0.349 e. The van der Waals surface area contributed by atoms with Gasteiger partial charge in [0.1, 0.15) is 0 Å². The molecule has 1 heterocycles. The molecule has 0 unspecified atom stereocenters. The molecule has 1 saturated heterocycles. The summed E-state index contributed by atoms with van der Waals surface area (Å²) in [4.78, 5) is 27.7. The Balaban J connectivity index is 2.00. The Morgan fingerprint density at radius 1 is 1.14 bits per heavy atom. The highest BCUT2D eigenvalue weighted by Gasteiger charge is 2.28. The van der Waals surface area contributed by atoms with E-state index in [1.54, 1.807) is 42.1 Å². The molecule has 0 bridgehead atoms. The minimum Gasteiger partial charge on any atom is -0.349 e. The quantitative estimate of drug-likeness (QED) is 0.837. The SMILES string of the molecule is CN(C)C(=O)C1CCN(C(=O)c2ccc(Cl)c(Cl)c2)CC1. The van der Waals surface area contributed by atoms with Gasteiger partial charge < -0.3 is 9.80 Å². The standard InChI is InChI=1S/C15H18Cl2N2O2/c1-18(2)14(20)10-5-7-19(8-6-10)15(21)11-3-4-12(16)13(17)9-11/h3-4,9-10H,5-8H2,1-2H3. The molecule has 2 amide bonds. The van der Waals surface area contributed by atoms with Crippen molar-refractivity contribution in [3.63, 3.8) is 0 Å². The third-order valence-electron chi connectivity index (χ3n) is 3.74. The smallest absolute Gasteiger partial charge is 0.253 e. The maximum absolute atomic E-state index is 12.4. The number of hydrogen-bond acceptors (Lipinski definition) is 2. The number of likely N-dealkylation sites (tertiary alicyclic amines) is 1. The van der Waals surface area contributed by atoms with Gasteiger partial charge in [-0.25, -0.2) is 0 Å². The molecule has 21 heavy (non-hydrogen) atoms. The summed E-state index contributed by atoms with van der Waals surface area (Å²) >= 11 is 11.8. The highest BCUT2D eigenvalue weighted by atomic mass is 35.5. The molecule has 4 nitrogen and oxygen atoms in total. The van der Waals surface area contributed by atoms with Gasteiger partial charge in [0.25, 0.3) is 5.91 Å². The van der Waals surface area contributed by atoms with Gasteiger partial charge in [-0.1, -0.05) is 23.2 Å². The fourth-order valence-electron chi connectivity index (χ4n) is 2.51. The molecular weight excluding hydrogens is 311 g/mol. The van der Waals surface area contributed by atoms with Crippen LogP contribution in [0.4, 0.5) is 0 Å². The normalized spacial score (nSPS) is 15.9. The molecule has 1 aliphatic heterocycles. The predicted molar refractivity (Wildman–Crippen MR) is 83.8 cm³/mol. The molecule has 2 rings (SSSR count). The Bertz CT molecular complexity index is 553. The lowest BCUT2D eigenvalue weighted by Gasteiger charge is -2.32. The van der Waals surface area contributed by atoms with Crippen LogP contribution in [0.3, 0.4) is 0 Å². The number of piperidine rings is 1. The van der Waals surface area contributed by atoms with Gasteiger partial charge in [0.15, 0.2) is 0 Å². The van der Waals surface area contributed by atoms with Crippen molar-refractivity contribution in [2.75, 3.05) is 27.2 Å². The van der Waals surface area contributed by atoms with E-state index in [0.717, 1.165) is 0 Å². The topological polar surface area (TPSA) is 40.6 Å². The minimum absolute atomic E-state index is 0.0119. The van der Waals surface area contributed by atoms with Gasteiger partial charge in [-0.05, 0) is 31.0 Å². The van der Waals surface area contributed by atoms with E-state index < -0.39 is 0 Å². The first-order valence-electron chi connectivity index (χ1n) is 6.85. The molecule has 1 fully saturated rings. The molecule has 0 aliphatic carbocycles. The van der Waals surface area contributed by atoms with Crippen LogP contribution in [-0.2, 0) is 4.79 Å². The van der Waals surface area contributed by atoms with E-state index in [1.165, 1.54) is 0 Å². The van der Waals surface area contributed by atoms with Crippen LogP contribution in [0.1, 0.15) is 23.2 Å². The summed E-state index contributed by atoms with van der Waals surface area (Å²) in [5.41, 5.74) is 0.529. The summed E-state index contributed by atoms with van der Waals surface area (Å²) in [5.74, 6) is 0.0822. The van der Waals surface area contributed by atoms with E-state index in [-0.39, 0.29) is 17.7 Å². The first kappa shape index (κ1) is 16.1. The summed E-state index contributed by atoms with van der Waals surface area (Å²) in [7, 11) is 3.52. The van der Waals surface area contributed by atoms with Crippen molar-refractivity contribution in [2.45, 2.75) is 12.8 Å². The van der Waals surface area contributed by atoms with Crippen LogP contribution in [0.5, 0.6) is 0 Å². The van der Waals surface area contributed by atoms with Crippen LogP contribution >= 0.6 is 23.2 Å². The van der Waals surface area contributed by atoms with E-state index in [9.17, 15) is 9.59 Å². The van der Waals surface area contributed by atoms with E-state index in [0.29, 0.717) is 41.5 Å². The summed E-state index contributed by atoms with van der Waals surface area (Å²) in [6.45, 7) is 1.17. The number of amides is 2. The van der Waals surface area contributed by atoms with Crippen LogP contribution in [0.15, 0.2) is 18.2 Å². The first-order valence-corrected chi connectivity index (χ1v) is 7.61. The van der Waals surface area contributed by atoms with Crippen LogP contribution < -0.4 is 0 Å². The molecule has 1 aliphatic rings. The lowest BCUT2D eigenvalue weighted by molar-refractivity contribution is -0.134. The number of carbonyl (C=O) groups excluding carboxylic acids is 2. The second-order valence-corrected chi connectivity index (χ2v) is 6.24. The van der Waals surface area contributed by atoms with Gasteiger partial charge in [0, 0.05) is 38.7 Å². The summed E-state index contributed by atoms with van der Waals surface area (Å²) in [6.07, 6.45) is 1.40. The van der Waals surface area contributed by atoms with Gasteiger partial charge in [-0.15, -0.1) is 0 Å². The van der Waals surface area contributed by atoms with Crippen molar-refractivity contribution >= 4 is 35.0 Å². The lowest BCUT2D eigenvalue weighted by Crippen LogP contribution is -2.42. The van der Waals surface area contributed by atoms with Gasteiger partial charge in [-0.2, -0.15) is 0 Å². The fraction of sp³-hybridized carbons (Fsp3) is 0.467.